The van der Waals surface area contributed by atoms with Gasteiger partial charge in [0.15, 0.2) is 0 Å². The lowest BCUT2D eigenvalue weighted by Gasteiger charge is -2.66. The van der Waals surface area contributed by atoms with E-state index in [1.165, 1.54) is 51.4 Å². The maximum atomic E-state index is 13.0. The van der Waals surface area contributed by atoms with Crippen molar-refractivity contribution < 1.29 is 29.3 Å². The number of esters is 2. The van der Waals surface area contributed by atoms with Gasteiger partial charge in [-0.2, -0.15) is 0 Å². The van der Waals surface area contributed by atoms with Gasteiger partial charge in [0.1, 0.15) is 0 Å². The van der Waals surface area contributed by atoms with Gasteiger partial charge < -0.3 is 19.7 Å². The van der Waals surface area contributed by atoms with Crippen LogP contribution in [0.4, 0.5) is 0 Å². The van der Waals surface area contributed by atoms with Crippen LogP contribution in [0.2, 0.25) is 0 Å². The summed E-state index contributed by atoms with van der Waals surface area (Å²) < 4.78 is 11.3. The highest BCUT2D eigenvalue weighted by Crippen LogP contribution is 2.55. The van der Waals surface area contributed by atoms with Crippen molar-refractivity contribution in [3.63, 3.8) is 0 Å². The van der Waals surface area contributed by atoms with E-state index >= 15 is 0 Å². The van der Waals surface area contributed by atoms with Gasteiger partial charge in [0.05, 0.1) is 37.5 Å². The quantitative estimate of drug-likeness (QED) is 0.109. The second-order valence-electron chi connectivity index (χ2n) is 17.2. The predicted octanol–water partition coefficient (Wildman–Crippen LogP) is 7.56. The molecule has 2 rings (SSSR count). The minimum Gasteiger partial charge on any atom is -0.465 e. The topological polar surface area (TPSA) is 99.5 Å². The van der Waals surface area contributed by atoms with Crippen LogP contribution >= 0.6 is 0 Å². The molecule has 2 saturated heterocycles. The Bertz CT molecular complexity index is 847. The molecule has 270 valence electrons. The molecule has 2 aliphatic heterocycles. The molecular formula is C38H72N2O6. The number of carbonyl (C=O) groups is 2. The van der Waals surface area contributed by atoms with Gasteiger partial charge in [-0.3, -0.25) is 19.4 Å². The average Bonchev–Trinajstić information content (AvgIpc) is 2.90. The molecule has 0 atom stereocenters. The first-order chi connectivity index (χ1) is 21.3. The standard InChI is InChI=1S/C38H72N2O6/c1-11-13-15-17-19-21-23-45-31(41)25-39-33(3,4)27-37(43,28-34(39,5)6)38(44)29-35(7,8)40(36(9,10)30-38)26-32(42)46-24-22-20-18-16-14-12-2/h43-44H,11-30H2,1-10H3. The van der Waals surface area contributed by atoms with Crippen LogP contribution in [0.25, 0.3) is 0 Å². The number of nitrogens with zero attached hydrogens (tertiary/aromatic N) is 2. The Balaban J connectivity index is 2.06. The molecule has 0 unspecified atom stereocenters. The van der Waals surface area contributed by atoms with E-state index in [2.05, 4.69) is 79.0 Å². The molecule has 2 heterocycles. The molecule has 2 fully saturated rings. The van der Waals surface area contributed by atoms with E-state index in [-0.39, 0.29) is 25.0 Å². The van der Waals surface area contributed by atoms with Crippen molar-refractivity contribution in [2.45, 2.75) is 205 Å². The Morgan fingerprint density at radius 3 is 1.04 bits per heavy atom. The summed E-state index contributed by atoms with van der Waals surface area (Å²) in [7, 11) is 0. The molecule has 0 aromatic carbocycles. The minimum absolute atomic E-state index is 0.149. The van der Waals surface area contributed by atoms with Gasteiger partial charge in [0.2, 0.25) is 0 Å². The first-order valence-electron chi connectivity index (χ1n) is 18.6. The second kappa shape index (κ2) is 16.9. The van der Waals surface area contributed by atoms with Gasteiger partial charge >= 0.3 is 11.9 Å². The fraction of sp³-hybridized carbons (Fsp3) is 0.947. The molecule has 8 heteroatoms. The Hall–Kier alpha value is -1.22. The highest BCUT2D eigenvalue weighted by atomic mass is 16.5. The number of hydrogen-bond acceptors (Lipinski definition) is 8. The van der Waals surface area contributed by atoms with Crippen molar-refractivity contribution in [2.24, 2.45) is 0 Å². The maximum Gasteiger partial charge on any atom is 0.320 e. The Labute approximate surface area is 282 Å². The number of hydrogen-bond donors (Lipinski definition) is 2. The van der Waals surface area contributed by atoms with Gasteiger partial charge in [0.25, 0.3) is 0 Å². The lowest BCUT2D eigenvalue weighted by molar-refractivity contribution is -0.262. The molecular weight excluding hydrogens is 580 g/mol. The van der Waals surface area contributed by atoms with Crippen molar-refractivity contribution in [3.05, 3.63) is 0 Å². The van der Waals surface area contributed by atoms with E-state index in [0.29, 0.717) is 38.9 Å². The zero-order valence-corrected chi connectivity index (χ0v) is 31.6. The molecule has 0 aliphatic carbocycles. The molecule has 0 bridgehead atoms. The first-order valence-corrected chi connectivity index (χ1v) is 18.6. The zero-order chi connectivity index (χ0) is 34.9. The van der Waals surface area contributed by atoms with Crippen LogP contribution in [0.1, 0.15) is 172 Å². The van der Waals surface area contributed by atoms with Crippen molar-refractivity contribution in [2.75, 3.05) is 26.3 Å². The van der Waals surface area contributed by atoms with Crippen molar-refractivity contribution in [1.82, 2.24) is 9.80 Å². The van der Waals surface area contributed by atoms with Crippen LogP contribution < -0.4 is 0 Å². The lowest BCUT2D eigenvalue weighted by atomic mass is 9.57. The third-order valence-corrected chi connectivity index (χ3v) is 10.8. The smallest absolute Gasteiger partial charge is 0.320 e. The highest BCUT2D eigenvalue weighted by molar-refractivity contribution is 5.72. The Morgan fingerprint density at radius 2 is 0.761 bits per heavy atom. The number of rotatable bonds is 19. The van der Waals surface area contributed by atoms with E-state index < -0.39 is 33.4 Å². The lowest BCUT2D eigenvalue weighted by Crippen LogP contribution is -2.76. The summed E-state index contributed by atoms with van der Waals surface area (Å²) in [5.41, 5.74) is -5.07. The van der Waals surface area contributed by atoms with Crippen LogP contribution in [0.15, 0.2) is 0 Å². The fourth-order valence-corrected chi connectivity index (χ4v) is 9.01. The molecule has 8 nitrogen and oxygen atoms in total. The third kappa shape index (κ3) is 11.2. The summed E-state index contributed by atoms with van der Waals surface area (Å²) in [6.45, 7) is 22.0. The number of piperidine rings is 2. The first kappa shape index (κ1) is 41.0. The van der Waals surface area contributed by atoms with E-state index in [1.807, 2.05) is 0 Å². The molecule has 2 aliphatic rings. The molecule has 0 aromatic heterocycles. The maximum absolute atomic E-state index is 13.0. The van der Waals surface area contributed by atoms with Crippen LogP contribution in [0.3, 0.4) is 0 Å². The summed E-state index contributed by atoms with van der Waals surface area (Å²) in [5, 5.41) is 25.0. The molecule has 0 amide bonds. The van der Waals surface area contributed by atoms with Crippen molar-refractivity contribution >= 4 is 11.9 Å². The number of carbonyl (C=O) groups excluding carboxylic acids is 2. The van der Waals surface area contributed by atoms with E-state index in [4.69, 9.17) is 9.47 Å². The van der Waals surface area contributed by atoms with Gasteiger partial charge in [-0.25, -0.2) is 0 Å². The predicted molar refractivity (Wildman–Crippen MR) is 187 cm³/mol. The average molecular weight is 653 g/mol. The summed E-state index contributed by atoms with van der Waals surface area (Å²) in [5.74, 6) is -0.476. The van der Waals surface area contributed by atoms with E-state index in [1.54, 1.807) is 0 Å². The molecule has 0 radical (unpaired) electrons. The fourth-order valence-electron chi connectivity index (χ4n) is 9.01. The van der Waals surface area contributed by atoms with Crippen molar-refractivity contribution in [3.8, 4) is 0 Å². The number of aliphatic hydroxyl groups is 2. The minimum atomic E-state index is -1.39. The van der Waals surface area contributed by atoms with Gasteiger partial charge in [0, 0.05) is 22.2 Å². The van der Waals surface area contributed by atoms with Crippen LogP contribution in [-0.4, -0.2) is 91.6 Å². The number of likely N-dealkylation sites (tertiary alicyclic amines) is 2. The Morgan fingerprint density at radius 1 is 0.500 bits per heavy atom. The highest BCUT2D eigenvalue weighted by Gasteiger charge is 2.65. The number of ether oxygens (including phenoxy) is 2. The number of unbranched alkanes of at least 4 members (excludes halogenated alkanes) is 10. The summed E-state index contributed by atoms with van der Waals surface area (Å²) in [4.78, 5) is 30.2. The molecule has 2 N–H and O–H groups in total. The van der Waals surface area contributed by atoms with Gasteiger partial charge in [-0.1, -0.05) is 78.1 Å². The normalized spacial score (nSPS) is 23.1. The molecule has 0 spiro atoms. The zero-order valence-electron chi connectivity index (χ0n) is 31.6. The molecule has 46 heavy (non-hydrogen) atoms. The van der Waals surface area contributed by atoms with E-state index in [9.17, 15) is 19.8 Å². The molecule has 0 aromatic rings. The van der Waals surface area contributed by atoms with Crippen LogP contribution in [0.5, 0.6) is 0 Å². The van der Waals surface area contributed by atoms with Gasteiger partial charge in [-0.15, -0.1) is 0 Å². The van der Waals surface area contributed by atoms with Crippen molar-refractivity contribution in [1.29, 1.82) is 0 Å². The summed E-state index contributed by atoms with van der Waals surface area (Å²) in [6, 6.07) is 0. The monoisotopic (exact) mass is 653 g/mol. The largest absolute Gasteiger partial charge is 0.465 e. The summed E-state index contributed by atoms with van der Waals surface area (Å²) in [6.07, 6.45) is 14.9. The second-order valence-corrected chi connectivity index (χ2v) is 17.2. The Kier molecular flexibility index (Phi) is 15.1. The summed E-state index contributed by atoms with van der Waals surface area (Å²) >= 11 is 0. The van der Waals surface area contributed by atoms with E-state index in [0.717, 1.165) is 25.7 Å². The SMILES string of the molecule is CCCCCCCCOC(=O)CN1C(C)(C)CC(O)(C2(O)CC(C)(C)N(CC(=O)OCCCCCCCC)C(C)(C)C2)CC1(C)C. The van der Waals surface area contributed by atoms with Gasteiger partial charge in [-0.05, 0) is 93.9 Å². The van der Waals surface area contributed by atoms with Crippen LogP contribution in [-0.2, 0) is 19.1 Å². The third-order valence-electron chi connectivity index (χ3n) is 10.8. The van der Waals surface area contributed by atoms with Crippen LogP contribution in [0, 0.1) is 0 Å². The molecule has 0 saturated carbocycles.